The smallest absolute Gasteiger partial charge is 0.260 e. The Hall–Kier alpha value is -1.68. The quantitative estimate of drug-likeness (QED) is 0.822. The molecule has 4 nitrogen and oxygen atoms in total. The maximum absolute atomic E-state index is 12.0. The fraction of sp³-hybridized carbons (Fsp3) is 0.429. The van der Waals surface area contributed by atoms with Crippen molar-refractivity contribution < 1.29 is 9.59 Å². The van der Waals surface area contributed by atoms with E-state index < -0.39 is 0 Å². The van der Waals surface area contributed by atoms with Crippen molar-refractivity contribution in [3.63, 3.8) is 0 Å². The van der Waals surface area contributed by atoms with Crippen molar-refractivity contribution in [3.8, 4) is 0 Å². The molecule has 1 unspecified atom stereocenters. The summed E-state index contributed by atoms with van der Waals surface area (Å²) in [6, 6.07) is 5.98. The molecule has 1 atom stereocenters. The predicted molar refractivity (Wildman–Crippen MR) is 69.3 cm³/mol. The summed E-state index contributed by atoms with van der Waals surface area (Å²) >= 11 is 0. The topological polar surface area (TPSA) is 49.4 Å². The fourth-order valence-electron chi connectivity index (χ4n) is 2.22. The number of rotatable bonds is 3. The van der Waals surface area contributed by atoms with Gasteiger partial charge in [0.15, 0.2) is 0 Å². The highest BCUT2D eigenvalue weighted by molar-refractivity contribution is 6.09. The lowest BCUT2D eigenvalue weighted by molar-refractivity contribution is -0.127. The van der Waals surface area contributed by atoms with Crippen LogP contribution in [0, 0.1) is 0 Å². The normalized spacial score (nSPS) is 16.7. The van der Waals surface area contributed by atoms with Gasteiger partial charge in [-0.3, -0.25) is 14.5 Å². The highest BCUT2D eigenvalue weighted by atomic mass is 16.2. The average Bonchev–Trinajstić information content (AvgIpc) is 2.36. The average molecular weight is 246 g/mol. The molecule has 1 aromatic rings. The van der Waals surface area contributed by atoms with E-state index in [4.69, 9.17) is 0 Å². The second-order valence-corrected chi connectivity index (χ2v) is 4.63. The summed E-state index contributed by atoms with van der Waals surface area (Å²) in [5, 5.41) is 3.31. The molecule has 1 heterocycles. The van der Waals surface area contributed by atoms with Crippen molar-refractivity contribution in [2.75, 3.05) is 13.6 Å². The standard InChI is InChI=1S/C14H18N2O2/c1-4-15-9(2)10-5-6-11-8-13(17)16(3)14(18)12(11)7-10/h5-7,9,15H,4,8H2,1-3H3. The Bertz CT molecular complexity index is 497. The van der Waals surface area contributed by atoms with Crippen LogP contribution in [0.1, 0.15) is 41.4 Å². The summed E-state index contributed by atoms with van der Waals surface area (Å²) in [5.74, 6) is -0.341. The van der Waals surface area contributed by atoms with Gasteiger partial charge in [-0.05, 0) is 30.7 Å². The van der Waals surface area contributed by atoms with Crippen molar-refractivity contribution in [2.24, 2.45) is 0 Å². The molecule has 2 rings (SSSR count). The van der Waals surface area contributed by atoms with Crippen molar-refractivity contribution in [3.05, 3.63) is 34.9 Å². The van der Waals surface area contributed by atoms with Gasteiger partial charge in [0.1, 0.15) is 0 Å². The van der Waals surface area contributed by atoms with Gasteiger partial charge in [0, 0.05) is 18.7 Å². The number of hydrogen-bond donors (Lipinski definition) is 1. The molecule has 0 bridgehead atoms. The number of hydrogen-bond acceptors (Lipinski definition) is 3. The number of carbonyl (C=O) groups excluding carboxylic acids is 2. The molecule has 0 fully saturated rings. The number of imide groups is 1. The molecule has 0 aromatic heterocycles. The molecule has 0 saturated carbocycles. The van der Waals surface area contributed by atoms with Crippen LogP contribution in [0.25, 0.3) is 0 Å². The number of benzene rings is 1. The van der Waals surface area contributed by atoms with E-state index in [1.54, 1.807) is 0 Å². The van der Waals surface area contributed by atoms with E-state index in [9.17, 15) is 9.59 Å². The van der Waals surface area contributed by atoms with Gasteiger partial charge in [0.2, 0.25) is 5.91 Å². The van der Waals surface area contributed by atoms with E-state index in [0.29, 0.717) is 12.0 Å². The van der Waals surface area contributed by atoms with Crippen LogP contribution in [0.3, 0.4) is 0 Å². The number of carbonyl (C=O) groups is 2. The third-order valence-electron chi connectivity index (χ3n) is 3.40. The van der Waals surface area contributed by atoms with E-state index in [2.05, 4.69) is 12.2 Å². The van der Waals surface area contributed by atoms with Crippen LogP contribution in [0.15, 0.2) is 18.2 Å². The van der Waals surface area contributed by atoms with Crippen molar-refractivity contribution in [1.82, 2.24) is 10.2 Å². The summed E-state index contributed by atoms with van der Waals surface area (Å²) in [4.78, 5) is 24.8. The van der Waals surface area contributed by atoms with Gasteiger partial charge in [-0.15, -0.1) is 0 Å². The molecule has 0 aliphatic carbocycles. The fourth-order valence-corrected chi connectivity index (χ4v) is 2.22. The number of nitrogens with zero attached hydrogens (tertiary/aromatic N) is 1. The number of nitrogens with one attached hydrogen (secondary N) is 1. The molecule has 18 heavy (non-hydrogen) atoms. The zero-order valence-corrected chi connectivity index (χ0v) is 11.0. The first-order valence-corrected chi connectivity index (χ1v) is 6.21. The number of likely N-dealkylation sites (N-methyl/N-ethyl adjacent to an activating group) is 1. The second-order valence-electron chi connectivity index (χ2n) is 4.63. The predicted octanol–water partition coefficient (Wildman–Crippen LogP) is 1.51. The Morgan fingerprint density at radius 2 is 2.11 bits per heavy atom. The van der Waals surface area contributed by atoms with Gasteiger partial charge in [-0.2, -0.15) is 0 Å². The van der Waals surface area contributed by atoms with Crippen molar-refractivity contribution >= 4 is 11.8 Å². The summed E-state index contributed by atoms with van der Waals surface area (Å²) in [7, 11) is 1.54. The SMILES string of the molecule is CCNC(C)c1ccc2c(c1)C(=O)N(C)C(=O)C2. The molecule has 0 radical (unpaired) electrons. The third-order valence-corrected chi connectivity index (χ3v) is 3.40. The van der Waals surface area contributed by atoms with Crippen LogP contribution < -0.4 is 5.32 Å². The molecule has 1 aliphatic rings. The van der Waals surface area contributed by atoms with Crippen LogP contribution in [0.5, 0.6) is 0 Å². The van der Waals surface area contributed by atoms with Gasteiger partial charge < -0.3 is 5.32 Å². The minimum absolute atomic E-state index is 0.139. The lowest BCUT2D eigenvalue weighted by atomic mass is 9.94. The Morgan fingerprint density at radius 1 is 1.39 bits per heavy atom. The first kappa shape index (κ1) is 12.8. The molecule has 0 saturated heterocycles. The molecule has 2 amide bonds. The van der Waals surface area contributed by atoms with Gasteiger partial charge in [-0.25, -0.2) is 0 Å². The largest absolute Gasteiger partial charge is 0.310 e. The van der Waals surface area contributed by atoms with Crippen LogP contribution in [-0.4, -0.2) is 30.3 Å². The number of fused-ring (bicyclic) bond motifs is 1. The molecule has 1 aromatic carbocycles. The van der Waals surface area contributed by atoms with E-state index in [1.165, 1.54) is 11.9 Å². The van der Waals surface area contributed by atoms with Crippen molar-refractivity contribution in [1.29, 1.82) is 0 Å². The first-order valence-electron chi connectivity index (χ1n) is 6.21. The lowest BCUT2D eigenvalue weighted by Crippen LogP contribution is -2.39. The summed E-state index contributed by atoms with van der Waals surface area (Å²) < 4.78 is 0. The summed E-state index contributed by atoms with van der Waals surface area (Å²) in [6.45, 7) is 4.99. The molecule has 96 valence electrons. The van der Waals surface area contributed by atoms with Gasteiger partial charge >= 0.3 is 0 Å². The van der Waals surface area contributed by atoms with Crippen LogP contribution in [0.2, 0.25) is 0 Å². The first-order chi connectivity index (χ1) is 8.54. The van der Waals surface area contributed by atoms with E-state index in [1.807, 2.05) is 25.1 Å². The van der Waals surface area contributed by atoms with Crippen LogP contribution in [0.4, 0.5) is 0 Å². The van der Waals surface area contributed by atoms with Crippen LogP contribution >= 0.6 is 0 Å². The van der Waals surface area contributed by atoms with Gasteiger partial charge in [0.25, 0.3) is 5.91 Å². The minimum atomic E-state index is -0.202. The summed E-state index contributed by atoms with van der Waals surface area (Å²) in [5.41, 5.74) is 2.56. The van der Waals surface area contributed by atoms with E-state index in [0.717, 1.165) is 17.7 Å². The Balaban J connectivity index is 2.37. The highest BCUT2D eigenvalue weighted by Crippen LogP contribution is 2.23. The monoisotopic (exact) mass is 246 g/mol. The molecule has 0 spiro atoms. The maximum Gasteiger partial charge on any atom is 0.260 e. The molecule has 1 aliphatic heterocycles. The maximum atomic E-state index is 12.0. The van der Waals surface area contributed by atoms with Gasteiger partial charge in [0.05, 0.1) is 6.42 Å². The Labute approximate surface area is 107 Å². The van der Waals surface area contributed by atoms with E-state index >= 15 is 0 Å². The molecular formula is C14H18N2O2. The molecular weight excluding hydrogens is 228 g/mol. The minimum Gasteiger partial charge on any atom is -0.310 e. The molecule has 1 N–H and O–H groups in total. The zero-order valence-electron chi connectivity index (χ0n) is 11.0. The summed E-state index contributed by atoms with van der Waals surface area (Å²) in [6.07, 6.45) is 0.313. The number of amides is 2. The lowest BCUT2D eigenvalue weighted by Gasteiger charge is -2.24. The van der Waals surface area contributed by atoms with Crippen LogP contribution in [-0.2, 0) is 11.2 Å². The highest BCUT2D eigenvalue weighted by Gasteiger charge is 2.28. The third kappa shape index (κ3) is 2.16. The Kier molecular flexibility index (Phi) is 3.48. The second kappa shape index (κ2) is 4.90. The Morgan fingerprint density at radius 3 is 2.78 bits per heavy atom. The zero-order chi connectivity index (χ0) is 13.3. The van der Waals surface area contributed by atoms with E-state index in [-0.39, 0.29) is 17.9 Å². The molecule has 4 heteroatoms. The van der Waals surface area contributed by atoms with Crippen molar-refractivity contribution in [2.45, 2.75) is 26.3 Å². The van der Waals surface area contributed by atoms with Gasteiger partial charge in [-0.1, -0.05) is 19.1 Å².